The van der Waals surface area contributed by atoms with E-state index in [4.69, 9.17) is 9.72 Å². The Morgan fingerprint density at radius 3 is 2.54 bits per heavy atom. The lowest BCUT2D eigenvalue weighted by Gasteiger charge is -2.20. The van der Waals surface area contributed by atoms with Crippen LogP contribution in [0.15, 0.2) is 67.0 Å². The molecule has 2 aromatic carbocycles. The number of aromatic nitrogens is 2. The van der Waals surface area contributed by atoms with E-state index in [1.807, 2.05) is 61.5 Å². The molecule has 2 heterocycles. The van der Waals surface area contributed by atoms with Crippen molar-refractivity contribution >= 4 is 32.6 Å². The number of nitrogens with zero attached hydrogens (tertiary/aromatic N) is 3. The lowest BCUT2D eigenvalue weighted by atomic mass is 10.1. The van der Waals surface area contributed by atoms with E-state index in [0.29, 0.717) is 17.2 Å². The normalized spacial score (nSPS) is 10.8. The monoisotopic (exact) mass is 389 g/mol. The van der Waals surface area contributed by atoms with Crippen molar-refractivity contribution in [2.75, 3.05) is 12.0 Å². The largest absolute Gasteiger partial charge is 0.497 e. The van der Waals surface area contributed by atoms with E-state index in [-0.39, 0.29) is 5.91 Å². The molecule has 0 N–H and O–H groups in total. The topological polar surface area (TPSA) is 55.3 Å². The zero-order valence-electron chi connectivity index (χ0n) is 15.6. The summed E-state index contributed by atoms with van der Waals surface area (Å²) in [6, 6.07) is 17.1. The fourth-order valence-corrected chi connectivity index (χ4v) is 3.88. The summed E-state index contributed by atoms with van der Waals surface area (Å²) in [6.45, 7) is 2.43. The van der Waals surface area contributed by atoms with Crippen LogP contribution in [0.5, 0.6) is 5.75 Å². The number of ether oxygens (including phenoxy) is 1. The number of rotatable bonds is 5. The van der Waals surface area contributed by atoms with Crippen molar-refractivity contribution in [3.8, 4) is 5.75 Å². The van der Waals surface area contributed by atoms with Crippen molar-refractivity contribution in [1.82, 2.24) is 9.97 Å². The van der Waals surface area contributed by atoms with Gasteiger partial charge in [-0.25, -0.2) is 4.98 Å². The summed E-state index contributed by atoms with van der Waals surface area (Å²) >= 11 is 1.48. The van der Waals surface area contributed by atoms with Gasteiger partial charge in [-0.1, -0.05) is 29.0 Å². The smallest absolute Gasteiger partial charge is 0.260 e. The molecule has 2 aromatic heterocycles. The van der Waals surface area contributed by atoms with E-state index in [0.717, 1.165) is 27.1 Å². The van der Waals surface area contributed by atoms with Crippen molar-refractivity contribution in [3.05, 3.63) is 83.7 Å². The van der Waals surface area contributed by atoms with Gasteiger partial charge in [-0.15, -0.1) is 0 Å². The van der Waals surface area contributed by atoms with Gasteiger partial charge in [0.05, 0.1) is 23.9 Å². The van der Waals surface area contributed by atoms with Gasteiger partial charge in [-0.2, -0.15) is 0 Å². The first-order valence-electron chi connectivity index (χ1n) is 8.86. The summed E-state index contributed by atoms with van der Waals surface area (Å²) in [5.74, 6) is 0.691. The highest BCUT2D eigenvalue weighted by Gasteiger charge is 2.22. The predicted octanol–water partition coefficient (Wildman–Crippen LogP) is 4.86. The Kier molecular flexibility index (Phi) is 5.04. The highest BCUT2D eigenvalue weighted by Crippen LogP contribution is 2.33. The second-order valence-corrected chi connectivity index (χ2v) is 7.45. The Bertz CT molecular complexity index is 1110. The van der Waals surface area contributed by atoms with E-state index >= 15 is 0 Å². The molecule has 0 aliphatic rings. The van der Waals surface area contributed by atoms with Crippen LogP contribution in [0.4, 0.5) is 5.13 Å². The number of aryl methyl sites for hydroxylation is 1. The fraction of sp³-hybridized carbons (Fsp3) is 0.136. The maximum Gasteiger partial charge on any atom is 0.260 e. The number of carbonyl (C=O) groups excluding carboxylic acids is 1. The quantitative estimate of drug-likeness (QED) is 0.489. The van der Waals surface area contributed by atoms with Gasteiger partial charge >= 0.3 is 0 Å². The molecule has 0 atom stereocenters. The second-order valence-electron chi connectivity index (χ2n) is 6.44. The summed E-state index contributed by atoms with van der Waals surface area (Å²) in [7, 11) is 1.64. The van der Waals surface area contributed by atoms with Crippen LogP contribution in [0.3, 0.4) is 0 Å². The van der Waals surface area contributed by atoms with Gasteiger partial charge in [-0.3, -0.25) is 14.7 Å². The van der Waals surface area contributed by atoms with Crippen LogP contribution in [0, 0.1) is 6.92 Å². The first-order chi connectivity index (χ1) is 13.6. The number of hydrogen-bond donors (Lipinski definition) is 0. The Morgan fingerprint density at radius 1 is 1.07 bits per heavy atom. The van der Waals surface area contributed by atoms with Crippen molar-refractivity contribution < 1.29 is 9.53 Å². The van der Waals surface area contributed by atoms with Crippen LogP contribution < -0.4 is 9.64 Å². The van der Waals surface area contributed by atoms with Crippen LogP contribution in [0.25, 0.3) is 10.2 Å². The molecule has 0 spiro atoms. The number of methoxy groups -OCH3 is 1. The van der Waals surface area contributed by atoms with Gasteiger partial charge in [0.1, 0.15) is 5.75 Å². The number of fused-ring (bicyclic) bond motifs is 1. The minimum absolute atomic E-state index is 0.0807. The average molecular weight is 389 g/mol. The minimum atomic E-state index is -0.0807. The first kappa shape index (κ1) is 18.1. The molecule has 4 rings (SSSR count). The second kappa shape index (κ2) is 7.78. The third-order valence-corrected chi connectivity index (χ3v) is 5.49. The molecule has 1 amide bonds. The Morgan fingerprint density at radius 2 is 1.82 bits per heavy atom. The SMILES string of the molecule is COc1ccc2nc(N(Cc3ccncc3)C(=O)c3ccc(C)cc3)sc2c1. The third kappa shape index (κ3) is 3.73. The molecule has 5 nitrogen and oxygen atoms in total. The summed E-state index contributed by atoms with van der Waals surface area (Å²) in [5, 5.41) is 0.658. The number of anilines is 1. The molecule has 0 fully saturated rings. The highest BCUT2D eigenvalue weighted by atomic mass is 32.1. The predicted molar refractivity (Wildman–Crippen MR) is 112 cm³/mol. The summed E-state index contributed by atoms with van der Waals surface area (Å²) in [6.07, 6.45) is 3.46. The lowest BCUT2D eigenvalue weighted by Crippen LogP contribution is -2.30. The molecular weight excluding hydrogens is 370 g/mol. The van der Waals surface area contributed by atoms with Gasteiger partial charge in [0, 0.05) is 18.0 Å². The highest BCUT2D eigenvalue weighted by molar-refractivity contribution is 7.22. The third-order valence-electron chi connectivity index (χ3n) is 4.45. The Hall–Kier alpha value is -3.25. The van der Waals surface area contributed by atoms with Crippen LogP contribution in [-0.4, -0.2) is 23.0 Å². The van der Waals surface area contributed by atoms with E-state index in [1.165, 1.54) is 11.3 Å². The van der Waals surface area contributed by atoms with Crippen molar-refractivity contribution in [1.29, 1.82) is 0 Å². The Balaban J connectivity index is 1.75. The first-order valence-corrected chi connectivity index (χ1v) is 9.68. The molecule has 0 radical (unpaired) electrons. The van der Waals surface area contributed by atoms with Gasteiger partial charge in [0.2, 0.25) is 0 Å². The molecule has 0 saturated heterocycles. The van der Waals surface area contributed by atoms with E-state index in [9.17, 15) is 4.79 Å². The number of hydrogen-bond acceptors (Lipinski definition) is 5. The zero-order valence-corrected chi connectivity index (χ0v) is 16.4. The molecular formula is C22H19N3O2S. The van der Waals surface area contributed by atoms with Crippen LogP contribution in [-0.2, 0) is 6.54 Å². The molecule has 0 aliphatic carbocycles. The number of pyridine rings is 1. The fourth-order valence-electron chi connectivity index (χ4n) is 2.88. The maximum absolute atomic E-state index is 13.3. The van der Waals surface area contributed by atoms with Crippen LogP contribution >= 0.6 is 11.3 Å². The molecule has 4 aromatic rings. The van der Waals surface area contributed by atoms with E-state index in [1.54, 1.807) is 24.4 Å². The molecule has 0 aliphatic heterocycles. The molecule has 140 valence electrons. The molecule has 0 saturated carbocycles. The molecule has 6 heteroatoms. The molecule has 28 heavy (non-hydrogen) atoms. The van der Waals surface area contributed by atoms with Crippen molar-refractivity contribution in [2.24, 2.45) is 0 Å². The van der Waals surface area contributed by atoms with E-state index < -0.39 is 0 Å². The minimum Gasteiger partial charge on any atom is -0.497 e. The standard InChI is InChI=1S/C22H19N3O2S/c1-15-3-5-17(6-4-15)21(26)25(14-16-9-11-23-12-10-16)22-24-19-8-7-18(27-2)13-20(19)28-22/h3-13H,14H2,1-2H3. The maximum atomic E-state index is 13.3. The van der Waals surface area contributed by atoms with Crippen molar-refractivity contribution in [2.45, 2.75) is 13.5 Å². The molecule has 0 unspecified atom stereocenters. The van der Waals surface area contributed by atoms with Crippen molar-refractivity contribution in [3.63, 3.8) is 0 Å². The summed E-state index contributed by atoms with van der Waals surface area (Å²) in [5.41, 5.74) is 3.59. The van der Waals surface area contributed by atoms with Crippen LogP contribution in [0.2, 0.25) is 0 Å². The number of amides is 1. The zero-order chi connectivity index (χ0) is 19.5. The number of benzene rings is 2. The summed E-state index contributed by atoms with van der Waals surface area (Å²) in [4.78, 5) is 23.8. The van der Waals surface area contributed by atoms with Gasteiger partial charge in [0.25, 0.3) is 5.91 Å². The van der Waals surface area contributed by atoms with Gasteiger partial charge in [0.15, 0.2) is 5.13 Å². The van der Waals surface area contributed by atoms with Crippen LogP contribution in [0.1, 0.15) is 21.5 Å². The van der Waals surface area contributed by atoms with E-state index in [2.05, 4.69) is 4.98 Å². The Labute approximate surface area is 167 Å². The number of carbonyl (C=O) groups is 1. The lowest BCUT2D eigenvalue weighted by molar-refractivity contribution is 0.0985. The summed E-state index contributed by atoms with van der Waals surface area (Å²) < 4.78 is 6.28. The van der Waals surface area contributed by atoms with Gasteiger partial charge < -0.3 is 4.74 Å². The van der Waals surface area contributed by atoms with Gasteiger partial charge in [-0.05, 0) is 55.0 Å². The molecule has 0 bridgehead atoms. The number of thiazole rings is 1. The average Bonchev–Trinajstić information content (AvgIpc) is 3.15.